The van der Waals surface area contributed by atoms with Crippen LogP contribution >= 0.6 is 23.5 Å². The molecule has 0 spiro atoms. The van der Waals surface area contributed by atoms with Crippen LogP contribution in [0.1, 0.15) is 5.56 Å². The first-order chi connectivity index (χ1) is 11.7. The smallest absolute Gasteiger partial charge is 0.262 e. The molecule has 0 saturated heterocycles. The summed E-state index contributed by atoms with van der Waals surface area (Å²) in [6.07, 6.45) is 2.06. The van der Waals surface area contributed by atoms with Gasteiger partial charge in [-0.05, 0) is 36.1 Å². The van der Waals surface area contributed by atoms with E-state index in [1.165, 1.54) is 12.1 Å². The fourth-order valence-corrected chi connectivity index (χ4v) is 4.03. The molecule has 0 amide bonds. The zero-order valence-corrected chi connectivity index (χ0v) is 14.9. The van der Waals surface area contributed by atoms with E-state index in [9.17, 15) is 9.18 Å². The number of nitrogens with zero attached hydrogens (tertiary/aromatic N) is 2. The summed E-state index contributed by atoms with van der Waals surface area (Å²) in [7, 11) is 0. The molecule has 3 aromatic rings. The third-order valence-corrected chi connectivity index (χ3v) is 5.45. The van der Waals surface area contributed by atoms with Crippen LogP contribution in [0.25, 0.3) is 10.9 Å². The van der Waals surface area contributed by atoms with E-state index in [1.54, 1.807) is 46.3 Å². The van der Waals surface area contributed by atoms with E-state index in [2.05, 4.69) is 11.2 Å². The maximum Gasteiger partial charge on any atom is 0.262 e. The van der Waals surface area contributed by atoms with Crippen molar-refractivity contribution in [3.63, 3.8) is 0 Å². The number of para-hydroxylation sites is 1. The molecule has 24 heavy (non-hydrogen) atoms. The van der Waals surface area contributed by atoms with Gasteiger partial charge in [-0.15, -0.1) is 0 Å². The Bertz CT molecular complexity index is 894. The first-order valence-corrected chi connectivity index (χ1v) is 9.93. The van der Waals surface area contributed by atoms with E-state index in [-0.39, 0.29) is 11.4 Å². The van der Waals surface area contributed by atoms with Crippen molar-refractivity contribution in [3.05, 3.63) is 70.3 Å². The largest absolute Gasteiger partial charge is 0.283 e. The quantitative estimate of drug-likeness (QED) is 0.377. The molecule has 1 aromatic heterocycles. The number of hydrogen-bond donors (Lipinski definition) is 0. The number of halogens is 1. The summed E-state index contributed by atoms with van der Waals surface area (Å²) in [6, 6.07) is 13.6. The Morgan fingerprint density at radius 3 is 2.58 bits per heavy atom. The van der Waals surface area contributed by atoms with E-state index in [1.807, 2.05) is 18.2 Å². The van der Waals surface area contributed by atoms with Gasteiger partial charge in [-0.3, -0.25) is 9.36 Å². The van der Waals surface area contributed by atoms with Crippen molar-refractivity contribution in [2.24, 2.45) is 0 Å². The van der Waals surface area contributed by atoms with Crippen LogP contribution in [0, 0.1) is 5.82 Å². The SMILES string of the molecule is CSCCSc1nc2ccccc2c(=O)n1Cc1ccc(F)cc1. The van der Waals surface area contributed by atoms with Gasteiger partial charge in [0.2, 0.25) is 0 Å². The fraction of sp³-hybridized carbons (Fsp3) is 0.222. The third kappa shape index (κ3) is 3.82. The molecule has 6 heteroatoms. The predicted octanol–water partition coefficient (Wildman–Crippen LogP) is 4.04. The first-order valence-electron chi connectivity index (χ1n) is 7.55. The Balaban J connectivity index is 2.04. The summed E-state index contributed by atoms with van der Waals surface area (Å²) < 4.78 is 14.8. The molecule has 0 aliphatic heterocycles. The van der Waals surface area contributed by atoms with Crippen LogP contribution < -0.4 is 5.56 Å². The van der Waals surface area contributed by atoms with Crippen molar-refractivity contribution >= 4 is 34.4 Å². The Labute approximate surface area is 148 Å². The van der Waals surface area contributed by atoms with Crippen LogP contribution in [0.4, 0.5) is 4.39 Å². The lowest BCUT2D eigenvalue weighted by Crippen LogP contribution is -2.24. The molecule has 3 rings (SSSR count). The molecule has 0 aliphatic rings. The van der Waals surface area contributed by atoms with Crippen LogP contribution in [0.3, 0.4) is 0 Å². The summed E-state index contributed by atoms with van der Waals surface area (Å²) in [5, 5.41) is 1.31. The van der Waals surface area contributed by atoms with Crippen molar-refractivity contribution in [2.75, 3.05) is 17.8 Å². The van der Waals surface area contributed by atoms with E-state index < -0.39 is 0 Å². The highest BCUT2D eigenvalue weighted by molar-refractivity contribution is 8.02. The number of hydrogen-bond acceptors (Lipinski definition) is 4. The van der Waals surface area contributed by atoms with Crippen LogP contribution in [-0.2, 0) is 6.54 Å². The summed E-state index contributed by atoms with van der Waals surface area (Å²) in [5.74, 6) is 1.59. The Morgan fingerprint density at radius 2 is 1.83 bits per heavy atom. The van der Waals surface area contributed by atoms with E-state index in [0.717, 1.165) is 17.1 Å². The van der Waals surface area contributed by atoms with Gasteiger partial charge in [0.1, 0.15) is 5.82 Å². The molecule has 0 bridgehead atoms. The van der Waals surface area contributed by atoms with E-state index in [0.29, 0.717) is 22.6 Å². The molecule has 0 atom stereocenters. The molecule has 0 saturated carbocycles. The van der Waals surface area contributed by atoms with Gasteiger partial charge >= 0.3 is 0 Å². The van der Waals surface area contributed by atoms with E-state index in [4.69, 9.17) is 0 Å². The molecule has 0 fully saturated rings. The van der Waals surface area contributed by atoms with Gasteiger partial charge in [-0.2, -0.15) is 11.8 Å². The topological polar surface area (TPSA) is 34.9 Å². The summed E-state index contributed by atoms with van der Waals surface area (Å²) in [6.45, 7) is 0.387. The highest BCUT2D eigenvalue weighted by Crippen LogP contribution is 2.19. The number of benzene rings is 2. The second-order valence-electron chi connectivity index (χ2n) is 5.27. The van der Waals surface area contributed by atoms with Crippen molar-refractivity contribution in [3.8, 4) is 0 Å². The summed E-state index contributed by atoms with van der Waals surface area (Å²) in [5.41, 5.74) is 1.53. The number of rotatable bonds is 6. The molecule has 0 N–H and O–H groups in total. The minimum atomic E-state index is -0.280. The molecule has 1 heterocycles. The zero-order chi connectivity index (χ0) is 16.9. The lowest BCUT2D eigenvalue weighted by Gasteiger charge is -2.13. The van der Waals surface area contributed by atoms with Crippen molar-refractivity contribution in [1.29, 1.82) is 0 Å². The molecular weight excluding hydrogens is 343 g/mol. The lowest BCUT2D eigenvalue weighted by molar-refractivity contribution is 0.622. The Morgan fingerprint density at radius 1 is 1.08 bits per heavy atom. The van der Waals surface area contributed by atoms with Crippen LogP contribution in [0.2, 0.25) is 0 Å². The van der Waals surface area contributed by atoms with Crippen LogP contribution in [-0.4, -0.2) is 27.3 Å². The van der Waals surface area contributed by atoms with Gasteiger partial charge in [0.05, 0.1) is 17.4 Å². The fourth-order valence-electron chi connectivity index (χ4n) is 2.39. The van der Waals surface area contributed by atoms with Gasteiger partial charge in [0, 0.05) is 11.5 Å². The number of thioether (sulfide) groups is 2. The minimum absolute atomic E-state index is 0.0587. The number of fused-ring (bicyclic) bond motifs is 1. The van der Waals surface area contributed by atoms with E-state index >= 15 is 0 Å². The average molecular weight is 360 g/mol. The molecule has 124 valence electrons. The van der Waals surface area contributed by atoms with Gasteiger partial charge in [0.15, 0.2) is 5.16 Å². The molecule has 0 unspecified atom stereocenters. The molecule has 2 aromatic carbocycles. The maximum absolute atomic E-state index is 13.1. The Hall–Kier alpha value is -1.79. The van der Waals surface area contributed by atoms with Crippen LogP contribution in [0.15, 0.2) is 58.5 Å². The second-order valence-corrected chi connectivity index (χ2v) is 7.32. The average Bonchev–Trinajstić information content (AvgIpc) is 2.60. The standard InChI is InChI=1S/C18H17FN2OS2/c1-23-10-11-24-18-20-16-5-3-2-4-15(16)17(22)21(18)12-13-6-8-14(19)9-7-13/h2-9H,10-12H2,1H3. The highest BCUT2D eigenvalue weighted by Gasteiger charge is 2.12. The highest BCUT2D eigenvalue weighted by atomic mass is 32.2. The van der Waals surface area contributed by atoms with Crippen molar-refractivity contribution in [1.82, 2.24) is 9.55 Å². The van der Waals surface area contributed by atoms with Gasteiger partial charge in [0.25, 0.3) is 5.56 Å². The lowest BCUT2D eigenvalue weighted by atomic mass is 10.2. The predicted molar refractivity (Wildman–Crippen MR) is 101 cm³/mol. The van der Waals surface area contributed by atoms with Gasteiger partial charge < -0.3 is 0 Å². The Kier molecular flexibility index (Phi) is 5.58. The van der Waals surface area contributed by atoms with Crippen LogP contribution in [0.5, 0.6) is 0 Å². The minimum Gasteiger partial charge on any atom is -0.283 e. The third-order valence-electron chi connectivity index (χ3n) is 3.60. The van der Waals surface area contributed by atoms with Crippen molar-refractivity contribution < 1.29 is 4.39 Å². The summed E-state index contributed by atoms with van der Waals surface area (Å²) in [4.78, 5) is 17.5. The molecule has 0 radical (unpaired) electrons. The first kappa shape index (κ1) is 17.0. The molecule has 3 nitrogen and oxygen atoms in total. The molecule has 0 aliphatic carbocycles. The molecular formula is C18H17FN2OS2. The van der Waals surface area contributed by atoms with Crippen molar-refractivity contribution in [2.45, 2.75) is 11.7 Å². The second kappa shape index (κ2) is 7.85. The van der Waals surface area contributed by atoms with Gasteiger partial charge in [-0.25, -0.2) is 9.37 Å². The number of aromatic nitrogens is 2. The monoisotopic (exact) mass is 360 g/mol. The normalized spacial score (nSPS) is 11.1. The summed E-state index contributed by atoms with van der Waals surface area (Å²) >= 11 is 3.34. The maximum atomic E-state index is 13.1. The zero-order valence-electron chi connectivity index (χ0n) is 13.2. The van der Waals surface area contributed by atoms with Gasteiger partial charge in [-0.1, -0.05) is 36.0 Å².